The highest BCUT2D eigenvalue weighted by Crippen LogP contribution is 2.28. The van der Waals surface area contributed by atoms with Gasteiger partial charge in [0.2, 0.25) is 0 Å². The molecule has 0 amide bonds. The van der Waals surface area contributed by atoms with Crippen LogP contribution >= 0.6 is 11.8 Å². The zero-order valence-electron chi connectivity index (χ0n) is 14.6. The Morgan fingerprint density at radius 1 is 1.36 bits per heavy atom. The Hall–Kier alpha value is -2.08. The van der Waals surface area contributed by atoms with Gasteiger partial charge in [-0.3, -0.25) is 14.8 Å². The van der Waals surface area contributed by atoms with Crippen LogP contribution in [0.4, 0.5) is 0 Å². The molecule has 1 aromatic heterocycles. The van der Waals surface area contributed by atoms with Gasteiger partial charge in [0.1, 0.15) is 10.8 Å². The van der Waals surface area contributed by atoms with Gasteiger partial charge >= 0.3 is 0 Å². The Labute approximate surface area is 152 Å². The second-order valence-electron chi connectivity index (χ2n) is 6.24. The number of nitrogens with zero attached hydrogens (tertiary/aromatic N) is 4. The molecule has 0 spiro atoms. The minimum Gasteiger partial charge on any atom is -0.298 e. The number of hydrogen-bond donors (Lipinski definition) is 0. The summed E-state index contributed by atoms with van der Waals surface area (Å²) in [5, 5.41) is 9.68. The van der Waals surface area contributed by atoms with E-state index in [4.69, 9.17) is 0 Å². The smallest absolute Gasteiger partial charge is 0.148 e. The van der Waals surface area contributed by atoms with Gasteiger partial charge in [0.25, 0.3) is 0 Å². The van der Waals surface area contributed by atoms with Crippen LogP contribution in [0.5, 0.6) is 0 Å². The zero-order chi connectivity index (χ0) is 17.6. The first-order valence-corrected chi connectivity index (χ1v) is 9.59. The van der Waals surface area contributed by atoms with E-state index in [1.54, 1.807) is 6.20 Å². The van der Waals surface area contributed by atoms with Gasteiger partial charge in [0, 0.05) is 42.2 Å². The molecule has 1 unspecified atom stereocenters. The van der Waals surface area contributed by atoms with Crippen LogP contribution in [0.3, 0.4) is 0 Å². The molecule has 2 aliphatic heterocycles. The summed E-state index contributed by atoms with van der Waals surface area (Å²) in [6.45, 7) is 4.12. The van der Waals surface area contributed by atoms with Crippen molar-refractivity contribution in [1.82, 2.24) is 4.98 Å². The molecule has 0 bridgehead atoms. The van der Waals surface area contributed by atoms with Gasteiger partial charge in [0.05, 0.1) is 17.4 Å². The number of pyridine rings is 1. The van der Waals surface area contributed by atoms with Gasteiger partial charge in [-0.15, -0.1) is 16.9 Å². The van der Waals surface area contributed by atoms with Crippen LogP contribution in [0.25, 0.3) is 0 Å². The fraction of sp³-hybridized carbons (Fsp3) is 0.421. The lowest BCUT2D eigenvalue weighted by Crippen LogP contribution is -2.20. The number of carbonyl (C=O) groups excluding carboxylic acids is 1. The van der Waals surface area contributed by atoms with E-state index < -0.39 is 0 Å². The Morgan fingerprint density at radius 3 is 2.92 bits per heavy atom. The number of aliphatic imine (C=N–C) groups is 1. The molecule has 2 aliphatic rings. The third-order valence-electron chi connectivity index (χ3n) is 4.17. The SMILES string of the molecule is CCCC1C(SCC(=O)CC2=NC(C)=CC2)=NN=C1c1cccnc1. The van der Waals surface area contributed by atoms with Gasteiger partial charge < -0.3 is 0 Å². The molecule has 25 heavy (non-hydrogen) atoms. The van der Waals surface area contributed by atoms with E-state index in [2.05, 4.69) is 33.2 Å². The van der Waals surface area contributed by atoms with Crippen molar-refractivity contribution in [1.29, 1.82) is 0 Å². The van der Waals surface area contributed by atoms with Crippen LogP contribution in [-0.4, -0.2) is 33.0 Å². The lowest BCUT2D eigenvalue weighted by molar-refractivity contribution is -0.115. The highest BCUT2D eigenvalue weighted by Gasteiger charge is 2.28. The molecule has 1 atom stereocenters. The number of thioether (sulfide) groups is 1. The standard InChI is InChI=1S/C19H22N4OS/c1-3-5-17-18(14-6-4-9-20-11-14)22-23-19(17)25-12-16(24)10-15-8-7-13(2)21-15/h4,6-7,9,11,17H,3,5,8,10,12H2,1-2H3. The molecule has 0 radical (unpaired) electrons. The number of allylic oxidation sites excluding steroid dienone is 2. The van der Waals surface area contributed by atoms with E-state index >= 15 is 0 Å². The Balaban J connectivity index is 1.57. The maximum Gasteiger partial charge on any atom is 0.148 e. The second kappa shape index (κ2) is 8.34. The highest BCUT2D eigenvalue weighted by molar-refractivity contribution is 8.14. The highest BCUT2D eigenvalue weighted by atomic mass is 32.2. The number of ketones is 1. The molecule has 0 fully saturated rings. The molecule has 5 nitrogen and oxygen atoms in total. The summed E-state index contributed by atoms with van der Waals surface area (Å²) >= 11 is 1.52. The van der Waals surface area contributed by atoms with Crippen molar-refractivity contribution in [3.8, 4) is 0 Å². The van der Waals surface area contributed by atoms with E-state index in [0.717, 1.165) is 47.0 Å². The van der Waals surface area contributed by atoms with Gasteiger partial charge in [-0.2, -0.15) is 5.10 Å². The third-order valence-corrected chi connectivity index (χ3v) is 5.30. The molecule has 0 aliphatic carbocycles. The fourth-order valence-electron chi connectivity index (χ4n) is 2.96. The molecular weight excluding hydrogens is 332 g/mol. The van der Waals surface area contributed by atoms with Crippen LogP contribution in [-0.2, 0) is 4.79 Å². The average molecular weight is 354 g/mol. The van der Waals surface area contributed by atoms with Crippen LogP contribution in [0.15, 0.2) is 51.5 Å². The first-order chi connectivity index (χ1) is 12.2. The number of aromatic nitrogens is 1. The van der Waals surface area contributed by atoms with Crippen molar-refractivity contribution in [2.45, 2.75) is 39.5 Å². The summed E-state index contributed by atoms with van der Waals surface area (Å²) in [5.41, 5.74) is 3.94. The predicted octanol–water partition coefficient (Wildman–Crippen LogP) is 4.06. The fourth-order valence-corrected chi connectivity index (χ4v) is 3.90. The minimum absolute atomic E-state index is 0.166. The molecule has 3 rings (SSSR count). The molecule has 0 saturated heterocycles. The predicted molar refractivity (Wildman–Crippen MR) is 104 cm³/mol. The van der Waals surface area contributed by atoms with Gasteiger partial charge in [-0.1, -0.05) is 19.4 Å². The van der Waals surface area contributed by atoms with Crippen LogP contribution in [0.2, 0.25) is 0 Å². The van der Waals surface area contributed by atoms with Gasteiger partial charge in [-0.25, -0.2) is 0 Å². The summed E-state index contributed by atoms with van der Waals surface area (Å²) in [6, 6.07) is 3.92. The Kier molecular flexibility index (Phi) is 5.91. The van der Waals surface area contributed by atoms with Crippen molar-refractivity contribution in [3.05, 3.63) is 41.9 Å². The van der Waals surface area contributed by atoms with Crippen molar-refractivity contribution in [3.63, 3.8) is 0 Å². The van der Waals surface area contributed by atoms with E-state index in [9.17, 15) is 4.79 Å². The molecule has 0 saturated carbocycles. The van der Waals surface area contributed by atoms with Crippen molar-refractivity contribution in [2.24, 2.45) is 21.1 Å². The van der Waals surface area contributed by atoms with Crippen LogP contribution < -0.4 is 0 Å². The number of hydrogen-bond acceptors (Lipinski definition) is 6. The Bertz CT molecular complexity index is 765. The topological polar surface area (TPSA) is 67.0 Å². The molecule has 0 aromatic carbocycles. The summed E-state index contributed by atoms with van der Waals surface area (Å²) in [5.74, 6) is 0.784. The summed E-state index contributed by atoms with van der Waals surface area (Å²) in [6.07, 6.45) is 8.89. The zero-order valence-corrected chi connectivity index (χ0v) is 15.4. The van der Waals surface area contributed by atoms with Crippen molar-refractivity contribution >= 4 is 34.0 Å². The molecule has 6 heteroatoms. The van der Waals surface area contributed by atoms with E-state index in [-0.39, 0.29) is 11.7 Å². The maximum absolute atomic E-state index is 12.3. The lowest BCUT2D eigenvalue weighted by Gasteiger charge is -2.14. The van der Waals surface area contributed by atoms with E-state index in [1.165, 1.54) is 11.8 Å². The first kappa shape index (κ1) is 17.7. The van der Waals surface area contributed by atoms with Crippen LogP contribution in [0.1, 0.15) is 45.1 Å². The lowest BCUT2D eigenvalue weighted by atomic mass is 9.95. The Morgan fingerprint density at radius 2 is 2.24 bits per heavy atom. The average Bonchev–Trinajstić information content (AvgIpc) is 3.20. The summed E-state index contributed by atoms with van der Waals surface area (Å²) in [7, 11) is 0. The number of rotatable bonds is 7. The van der Waals surface area contributed by atoms with Crippen molar-refractivity contribution in [2.75, 3.05) is 5.75 Å². The molecule has 3 heterocycles. The van der Waals surface area contributed by atoms with Crippen LogP contribution in [0, 0.1) is 5.92 Å². The van der Waals surface area contributed by atoms with E-state index in [0.29, 0.717) is 12.2 Å². The maximum atomic E-state index is 12.3. The molecule has 0 N–H and O–H groups in total. The van der Waals surface area contributed by atoms with Gasteiger partial charge in [-0.05, 0) is 25.5 Å². The molecular formula is C19H22N4OS. The molecule has 1 aromatic rings. The van der Waals surface area contributed by atoms with Gasteiger partial charge in [0.15, 0.2) is 0 Å². The number of Topliss-reactive ketones (excluding diaryl/α,β-unsaturated/α-hetero) is 1. The first-order valence-electron chi connectivity index (χ1n) is 8.61. The number of carbonyl (C=O) groups is 1. The quantitative estimate of drug-likeness (QED) is 0.742. The monoisotopic (exact) mass is 354 g/mol. The van der Waals surface area contributed by atoms with E-state index in [1.807, 2.05) is 25.3 Å². The normalized spacial score (nSPS) is 19.4. The summed E-state index contributed by atoms with van der Waals surface area (Å²) < 4.78 is 0. The molecule has 130 valence electrons. The second-order valence-corrected chi connectivity index (χ2v) is 7.23. The summed E-state index contributed by atoms with van der Waals surface area (Å²) in [4.78, 5) is 20.8. The third kappa shape index (κ3) is 4.51. The van der Waals surface area contributed by atoms with Crippen molar-refractivity contribution < 1.29 is 4.79 Å². The minimum atomic E-state index is 0.166. The largest absolute Gasteiger partial charge is 0.298 e.